The van der Waals surface area contributed by atoms with Gasteiger partial charge in [0.2, 0.25) is 5.95 Å². The first-order valence-electron chi connectivity index (χ1n) is 12.8. The van der Waals surface area contributed by atoms with Gasteiger partial charge in [0.15, 0.2) is 0 Å². The predicted octanol–water partition coefficient (Wildman–Crippen LogP) is 4.80. The maximum absolute atomic E-state index is 11.0. The molecule has 200 valence electrons. The van der Waals surface area contributed by atoms with Crippen molar-refractivity contribution in [3.05, 3.63) is 47.3 Å². The number of likely N-dealkylation sites (tertiary alicyclic amines) is 1. The highest BCUT2D eigenvalue weighted by Crippen LogP contribution is 2.31. The van der Waals surface area contributed by atoms with Crippen LogP contribution >= 0.6 is 0 Å². The van der Waals surface area contributed by atoms with Crippen LogP contribution in [0.4, 0.5) is 5.95 Å². The van der Waals surface area contributed by atoms with Crippen molar-refractivity contribution in [1.29, 1.82) is 0 Å². The van der Waals surface area contributed by atoms with Crippen molar-refractivity contribution >= 4 is 17.0 Å². The molecule has 2 aromatic heterocycles. The van der Waals surface area contributed by atoms with Gasteiger partial charge in [-0.1, -0.05) is 40.3 Å². The number of pyridine rings is 1. The number of nitrogens with zero attached hydrogens (tertiary/aromatic N) is 5. The highest BCUT2D eigenvalue weighted by Gasteiger charge is 2.26. The fourth-order valence-electron chi connectivity index (χ4n) is 4.83. The molecule has 0 saturated carbocycles. The molecule has 1 fully saturated rings. The minimum Gasteiger partial charge on any atom is -0.506 e. The molecular weight excluding hydrogens is 454 g/mol. The van der Waals surface area contributed by atoms with Crippen molar-refractivity contribution in [2.24, 2.45) is 0 Å². The average molecular weight is 500 g/mol. The molecule has 0 atom stereocenters. The number of aromatic hydroxyl groups is 1. The van der Waals surface area contributed by atoms with Gasteiger partial charge in [-0.25, -0.2) is 4.98 Å². The van der Waals surface area contributed by atoms with Gasteiger partial charge in [-0.3, -0.25) is 4.98 Å². The molecule has 36 heavy (non-hydrogen) atoms. The SMILES string of the molecule is C.CC.CCCN1CCC(N(C)c2nc3ccccc3n2Cc2ncc(CO)c(COC)c2O)CC1. The van der Waals surface area contributed by atoms with Crippen molar-refractivity contribution in [3.63, 3.8) is 0 Å². The summed E-state index contributed by atoms with van der Waals surface area (Å²) in [5.74, 6) is 0.952. The van der Waals surface area contributed by atoms with Crippen LogP contribution in [0.3, 0.4) is 0 Å². The maximum Gasteiger partial charge on any atom is 0.206 e. The predicted molar refractivity (Wildman–Crippen MR) is 148 cm³/mol. The van der Waals surface area contributed by atoms with E-state index in [-0.39, 0.29) is 26.4 Å². The number of hydrogen-bond acceptors (Lipinski definition) is 7. The summed E-state index contributed by atoms with van der Waals surface area (Å²) in [5.41, 5.74) is 3.61. The zero-order valence-electron chi connectivity index (χ0n) is 21.9. The Hall–Kier alpha value is -2.68. The molecular formula is C28H45N5O3. The molecule has 1 aromatic carbocycles. The summed E-state index contributed by atoms with van der Waals surface area (Å²) in [6.45, 7) is 10.00. The Balaban J connectivity index is 0.00000148. The minimum atomic E-state index is -0.196. The van der Waals surface area contributed by atoms with Crippen LogP contribution in [0, 0.1) is 0 Å². The van der Waals surface area contributed by atoms with E-state index in [1.807, 2.05) is 32.0 Å². The van der Waals surface area contributed by atoms with Crippen LogP contribution in [0.2, 0.25) is 0 Å². The number of para-hydroxylation sites is 2. The van der Waals surface area contributed by atoms with Gasteiger partial charge < -0.3 is 29.3 Å². The van der Waals surface area contributed by atoms with Gasteiger partial charge in [-0.15, -0.1) is 0 Å². The van der Waals surface area contributed by atoms with Crippen LogP contribution < -0.4 is 4.90 Å². The van der Waals surface area contributed by atoms with Crippen molar-refractivity contribution in [2.75, 3.05) is 38.7 Å². The van der Waals surface area contributed by atoms with Gasteiger partial charge in [0.1, 0.15) is 11.4 Å². The molecule has 1 saturated heterocycles. The van der Waals surface area contributed by atoms with Crippen molar-refractivity contribution in [1.82, 2.24) is 19.4 Å². The number of aliphatic hydroxyl groups excluding tert-OH is 1. The largest absolute Gasteiger partial charge is 0.506 e. The number of fused-ring (bicyclic) bond motifs is 1. The monoisotopic (exact) mass is 499 g/mol. The number of rotatable bonds is 9. The van der Waals surface area contributed by atoms with Gasteiger partial charge in [-0.2, -0.15) is 0 Å². The molecule has 0 bridgehead atoms. The molecule has 0 unspecified atom stereocenters. The molecule has 2 N–H and O–H groups in total. The van der Waals surface area contributed by atoms with Crippen LogP contribution in [0.25, 0.3) is 11.0 Å². The topological polar surface area (TPSA) is 86.9 Å². The minimum absolute atomic E-state index is 0. The summed E-state index contributed by atoms with van der Waals surface area (Å²) in [7, 11) is 3.69. The number of imidazole rings is 1. The zero-order valence-corrected chi connectivity index (χ0v) is 21.9. The number of aromatic nitrogens is 3. The summed E-state index contributed by atoms with van der Waals surface area (Å²) < 4.78 is 7.38. The third-order valence-corrected chi connectivity index (χ3v) is 6.68. The van der Waals surface area contributed by atoms with E-state index >= 15 is 0 Å². The van der Waals surface area contributed by atoms with E-state index in [1.165, 1.54) is 6.42 Å². The molecule has 1 aliphatic heterocycles. The summed E-state index contributed by atoms with van der Waals surface area (Å²) in [6.07, 6.45) is 5.01. The second-order valence-electron chi connectivity index (χ2n) is 8.82. The third-order valence-electron chi connectivity index (χ3n) is 6.68. The van der Waals surface area contributed by atoms with E-state index < -0.39 is 0 Å². The third kappa shape index (κ3) is 6.35. The highest BCUT2D eigenvalue weighted by atomic mass is 16.5. The number of aliphatic hydroxyl groups is 1. The summed E-state index contributed by atoms with van der Waals surface area (Å²) in [5, 5.41) is 20.6. The fourth-order valence-corrected chi connectivity index (χ4v) is 4.83. The van der Waals surface area contributed by atoms with Gasteiger partial charge in [0.05, 0.1) is 30.8 Å². The number of hydrogen-bond donors (Lipinski definition) is 2. The Kier molecular flexibility index (Phi) is 11.6. The Bertz CT molecular complexity index is 1080. The van der Waals surface area contributed by atoms with Gasteiger partial charge in [0.25, 0.3) is 0 Å². The lowest BCUT2D eigenvalue weighted by atomic mass is 10.0. The molecule has 0 spiro atoms. The number of benzene rings is 1. The summed E-state index contributed by atoms with van der Waals surface area (Å²) in [4.78, 5) is 14.3. The van der Waals surface area contributed by atoms with Crippen molar-refractivity contribution < 1.29 is 14.9 Å². The van der Waals surface area contributed by atoms with Crippen LogP contribution in [-0.2, 0) is 24.5 Å². The quantitative estimate of drug-likeness (QED) is 0.437. The Morgan fingerprint density at radius 3 is 2.50 bits per heavy atom. The van der Waals surface area contributed by atoms with Crippen LogP contribution in [-0.4, -0.2) is 69.5 Å². The van der Waals surface area contributed by atoms with E-state index in [0.29, 0.717) is 29.4 Å². The van der Waals surface area contributed by atoms with E-state index in [9.17, 15) is 10.2 Å². The zero-order chi connectivity index (χ0) is 25.4. The fraction of sp³-hybridized carbons (Fsp3) is 0.571. The first kappa shape index (κ1) is 29.5. The Morgan fingerprint density at radius 2 is 1.86 bits per heavy atom. The molecule has 8 nitrogen and oxygen atoms in total. The smallest absolute Gasteiger partial charge is 0.206 e. The second kappa shape index (κ2) is 14.2. The number of anilines is 1. The lowest BCUT2D eigenvalue weighted by molar-refractivity contribution is 0.178. The van der Waals surface area contributed by atoms with E-state index in [0.717, 1.165) is 49.5 Å². The number of ether oxygens (including phenoxy) is 1. The number of methoxy groups -OCH3 is 1. The normalized spacial score (nSPS) is 14.3. The Labute approximate surface area is 216 Å². The van der Waals surface area contributed by atoms with Crippen LogP contribution in [0.5, 0.6) is 5.75 Å². The first-order valence-corrected chi connectivity index (χ1v) is 12.8. The second-order valence-corrected chi connectivity index (χ2v) is 8.82. The van der Waals surface area contributed by atoms with E-state index in [2.05, 4.69) is 39.4 Å². The van der Waals surface area contributed by atoms with Gasteiger partial charge in [0, 0.05) is 50.6 Å². The van der Waals surface area contributed by atoms with Gasteiger partial charge in [-0.05, 0) is 37.9 Å². The molecule has 1 aliphatic rings. The van der Waals surface area contributed by atoms with E-state index in [4.69, 9.17) is 9.72 Å². The lowest BCUT2D eigenvalue weighted by Crippen LogP contribution is -2.44. The molecule has 8 heteroatoms. The van der Waals surface area contributed by atoms with Crippen molar-refractivity contribution in [3.8, 4) is 5.75 Å². The molecule has 0 aliphatic carbocycles. The molecule has 3 aromatic rings. The van der Waals surface area contributed by atoms with Crippen LogP contribution in [0.1, 0.15) is 64.3 Å². The first-order chi connectivity index (χ1) is 17.1. The summed E-state index contributed by atoms with van der Waals surface area (Å²) >= 11 is 0. The highest BCUT2D eigenvalue weighted by molar-refractivity contribution is 5.79. The van der Waals surface area contributed by atoms with Gasteiger partial charge >= 0.3 is 0 Å². The lowest BCUT2D eigenvalue weighted by Gasteiger charge is -2.37. The molecule has 0 amide bonds. The van der Waals surface area contributed by atoms with E-state index in [1.54, 1.807) is 13.3 Å². The Morgan fingerprint density at radius 1 is 1.17 bits per heavy atom. The summed E-state index contributed by atoms with van der Waals surface area (Å²) in [6, 6.07) is 8.49. The van der Waals surface area contributed by atoms with Crippen LogP contribution in [0.15, 0.2) is 30.5 Å². The molecule has 3 heterocycles. The molecule has 4 rings (SSSR count). The maximum atomic E-state index is 11.0. The molecule has 0 radical (unpaired) electrons. The average Bonchev–Trinajstić information content (AvgIpc) is 3.26. The van der Waals surface area contributed by atoms with Crippen molar-refractivity contribution in [2.45, 2.75) is 73.3 Å². The number of piperidine rings is 1. The standard InChI is InChI=1S/C25H35N5O3.C2H6.CH4/c1-4-11-29-12-9-19(10-13-29)28(2)25-27-21-7-5-6-8-23(21)30(25)15-22-24(32)20(17-33-3)18(16-31)14-26-22;1-2;/h5-8,14,19,31-32H,4,9-13,15-17H2,1-3H3;1-2H3;1H4.